The smallest absolute Gasteiger partial charge is 0.346 e. The number of hydrogen-bond acceptors (Lipinski definition) is 1. The number of allylic oxidation sites excluding steroid dienone is 4. The molecule has 1 rings (SSSR count). The van der Waals surface area contributed by atoms with Crippen LogP contribution in [0, 0.1) is 6.42 Å². The second-order valence-corrected chi connectivity index (χ2v) is 3.71. The summed E-state index contributed by atoms with van der Waals surface area (Å²) in [4.78, 5) is 11.8. The molecule has 0 saturated heterocycles. The minimum absolute atomic E-state index is 0. The van der Waals surface area contributed by atoms with Gasteiger partial charge in [-0.2, -0.15) is 24.1 Å². The zero-order valence-electron chi connectivity index (χ0n) is 11.8. The summed E-state index contributed by atoms with van der Waals surface area (Å²) in [5, 5.41) is 0. The van der Waals surface area contributed by atoms with Gasteiger partial charge < -0.3 is 4.90 Å². The van der Waals surface area contributed by atoms with Crippen LogP contribution in [0.5, 0.6) is 0 Å². The number of hydrogen-bond donors (Lipinski definition) is 0. The first-order chi connectivity index (χ1) is 7.78. The number of carbonyl (C=O) groups is 1. The maximum atomic E-state index is 10.1. The van der Waals surface area contributed by atoms with Crippen LogP contribution in [-0.2, 0) is 4.79 Å². The first-order valence-corrected chi connectivity index (χ1v) is 6.13. The van der Waals surface area contributed by atoms with Crippen molar-refractivity contribution >= 4 is 6.41 Å². The van der Waals surface area contributed by atoms with Crippen LogP contribution in [0.15, 0.2) is 23.8 Å². The molecule has 0 unspecified atom stereocenters. The van der Waals surface area contributed by atoms with E-state index in [1.165, 1.54) is 18.4 Å². The summed E-state index contributed by atoms with van der Waals surface area (Å²) in [6.45, 7) is 7.83. The summed E-state index contributed by atoms with van der Waals surface area (Å²) >= 11 is 0. The fourth-order valence-corrected chi connectivity index (χ4v) is 1.42. The summed E-state index contributed by atoms with van der Waals surface area (Å²) in [6, 6.07) is 0. The van der Waals surface area contributed by atoms with Gasteiger partial charge in [-0.25, -0.2) is 0 Å². The molecule has 0 spiro atoms. The van der Waals surface area contributed by atoms with Crippen molar-refractivity contribution in [2.24, 2.45) is 0 Å². The number of carbonyl (C=O) groups excluding carboxylic acids is 1. The van der Waals surface area contributed by atoms with Gasteiger partial charge in [0.05, 0.1) is 0 Å². The van der Waals surface area contributed by atoms with Gasteiger partial charge in [-0.3, -0.25) is 4.79 Å². The van der Waals surface area contributed by atoms with E-state index in [2.05, 4.69) is 38.5 Å². The molecule has 0 heterocycles. The molecule has 1 aliphatic rings. The predicted molar refractivity (Wildman–Crippen MR) is 70.0 cm³/mol. The van der Waals surface area contributed by atoms with E-state index >= 15 is 0 Å². The largest absolute Gasteiger partial charge is 1.00 e. The fourth-order valence-electron chi connectivity index (χ4n) is 1.42. The van der Waals surface area contributed by atoms with E-state index in [1.54, 1.807) is 4.90 Å². The van der Waals surface area contributed by atoms with E-state index in [0.29, 0.717) is 0 Å². The van der Waals surface area contributed by atoms with Crippen LogP contribution < -0.4 is 51.4 Å². The van der Waals surface area contributed by atoms with Gasteiger partial charge >= 0.3 is 51.4 Å². The summed E-state index contributed by atoms with van der Waals surface area (Å²) in [7, 11) is 0. The third-order valence-electron chi connectivity index (χ3n) is 2.42. The zero-order valence-corrected chi connectivity index (χ0v) is 14.9. The van der Waals surface area contributed by atoms with Gasteiger partial charge in [0.2, 0.25) is 6.41 Å². The molecule has 0 aromatic rings. The summed E-state index contributed by atoms with van der Waals surface area (Å²) in [6.07, 6.45) is 13.2. The van der Waals surface area contributed by atoms with E-state index in [4.69, 9.17) is 0 Å². The summed E-state index contributed by atoms with van der Waals surface area (Å²) in [5.41, 5.74) is 1.37. The van der Waals surface area contributed by atoms with Crippen LogP contribution in [-0.4, -0.2) is 24.4 Å². The Hall–Kier alpha value is 0.456. The molecule has 0 N–H and O–H groups in total. The molecule has 0 bridgehead atoms. The molecule has 0 fully saturated rings. The maximum absolute atomic E-state index is 10.1. The van der Waals surface area contributed by atoms with E-state index in [-0.39, 0.29) is 51.4 Å². The van der Waals surface area contributed by atoms with Crippen molar-refractivity contribution < 1.29 is 56.2 Å². The van der Waals surface area contributed by atoms with Gasteiger partial charge in [0.1, 0.15) is 0 Å². The molecule has 92 valence electrons. The van der Waals surface area contributed by atoms with Crippen LogP contribution in [0.4, 0.5) is 0 Å². The van der Waals surface area contributed by atoms with Crippen molar-refractivity contribution in [3.8, 4) is 0 Å². The van der Waals surface area contributed by atoms with Crippen molar-refractivity contribution in [2.75, 3.05) is 13.1 Å². The van der Waals surface area contributed by atoms with Crippen molar-refractivity contribution in [1.82, 2.24) is 4.90 Å². The number of amides is 1. The van der Waals surface area contributed by atoms with E-state index in [0.717, 1.165) is 25.9 Å². The van der Waals surface area contributed by atoms with Crippen LogP contribution in [0.3, 0.4) is 0 Å². The molecular formula is C14H24KNO. The minimum Gasteiger partial charge on any atom is -0.346 e. The van der Waals surface area contributed by atoms with Gasteiger partial charge in [-0.15, -0.1) is 6.08 Å². The second-order valence-electron chi connectivity index (χ2n) is 3.71. The van der Waals surface area contributed by atoms with E-state index < -0.39 is 0 Å². The molecule has 2 nitrogen and oxygen atoms in total. The van der Waals surface area contributed by atoms with E-state index in [9.17, 15) is 4.79 Å². The molecule has 17 heavy (non-hydrogen) atoms. The third kappa shape index (κ3) is 11.3. The molecule has 3 heteroatoms. The van der Waals surface area contributed by atoms with Crippen molar-refractivity contribution in [1.29, 1.82) is 0 Å². The molecule has 0 aromatic carbocycles. The van der Waals surface area contributed by atoms with Crippen molar-refractivity contribution in [3.05, 3.63) is 30.2 Å². The van der Waals surface area contributed by atoms with Gasteiger partial charge in [-0.05, 0) is 13.3 Å². The van der Waals surface area contributed by atoms with Crippen LogP contribution in [0.25, 0.3) is 0 Å². The molecule has 0 aromatic heterocycles. The predicted octanol–water partition coefficient (Wildman–Crippen LogP) is 0.366. The fraction of sp³-hybridized carbons (Fsp3) is 0.571. The van der Waals surface area contributed by atoms with E-state index in [1.807, 2.05) is 6.92 Å². The Kier molecular flexibility index (Phi) is 16.9. The van der Waals surface area contributed by atoms with Gasteiger partial charge in [-0.1, -0.05) is 26.7 Å². The maximum Gasteiger partial charge on any atom is 1.00 e. The number of rotatable bonds is 5. The Labute approximate surface area is 149 Å². The van der Waals surface area contributed by atoms with Crippen LogP contribution in [0.2, 0.25) is 0 Å². The Morgan fingerprint density at radius 1 is 1.41 bits per heavy atom. The Balaban J connectivity index is 0. The Bertz CT molecular complexity index is 236. The Morgan fingerprint density at radius 3 is 2.35 bits per heavy atom. The Morgan fingerprint density at radius 2 is 2.12 bits per heavy atom. The first kappa shape index (κ1) is 19.8. The topological polar surface area (TPSA) is 20.3 Å². The molecule has 0 radical (unpaired) electrons. The molecule has 1 amide bonds. The summed E-state index contributed by atoms with van der Waals surface area (Å²) in [5.74, 6) is 0. The van der Waals surface area contributed by atoms with Crippen molar-refractivity contribution in [3.63, 3.8) is 0 Å². The number of nitrogens with zero attached hydrogens (tertiary/aromatic N) is 1. The van der Waals surface area contributed by atoms with Crippen molar-refractivity contribution in [2.45, 2.75) is 40.0 Å². The minimum atomic E-state index is 0. The van der Waals surface area contributed by atoms with Gasteiger partial charge in [0, 0.05) is 13.1 Å². The summed E-state index contributed by atoms with van der Waals surface area (Å²) < 4.78 is 0. The average molecular weight is 261 g/mol. The zero-order chi connectivity index (χ0) is 12.2. The molecule has 0 aliphatic heterocycles. The quantitative estimate of drug-likeness (QED) is 0.398. The molecular weight excluding hydrogens is 237 g/mol. The van der Waals surface area contributed by atoms with Crippen LogP contribution >= 0.6 is 0 Å². The second kappa shape index (κ2) is 14.5. The molecule has 0 atom stereocenters. The molecule has 1 aliphatic carbocycles. The van der Waals surface area contributed by atoms with Crippen LogP contribution in [0.1, 0.15) is 40.0 Å². The SMILES string of the molecule is CCCN(C=O)CC.C[CH-]C1=CCCC=C1.[K+]. The van der Waals surface area contributed by atoms with Gasteiger partial charge in [0.25, 0.3) is 0 Å². The monoisotopic (exact) mass is 261 g/mol. The molecule has 0 saturated carbocycles. The first-order valence-electron chi connectivity index (χ1n) is 6.13. The standard InChI is InChI=1S/C8H11.C6H13NO.K/c1-2-8-6-4-3-5-7-8;1-3-5-7(4-2)6-8;/h2,4,6-7H,3,5H2,1H3;6H,3-5H2,1-2H3;/q-1;;+1. The third-order valence-corrected chi connectivity index (χ3v) is 2.42. The van der Waals surface area contributed by atoms with Gasteiger partial charge in [0.15, 0.2) is 0 Å². The average Bonchev–Trinajstić information content (AvgIpc) is 2.37. The normalized spacial score (nSPS) is 12.5.